The summed E-state index contributed by atoms with van der Waals surface area (Å²) in [5, 5.41) is 3.39. The Morgan fingerprint density at radius 1 is 0.667 bits per heavy atom. The van der Waals surface area contributed by atoms with Crippen LogP contribution >= 0.6 is 22.7 Å². The summed E-state index contributed by atoms with van der Waals surface area (Å²) in [7, 11) is 1.70. The Balaban J connectivity index is 1.67. The molecule has 3 aromatic heterocycles. The van der Waals surface area contributed by atoms with E-state index >= 15 is 0 Å². The van der Waals surface area contributed by atoms with Crippen LogP contribution in [0.15, 0.2) is 109 Å². The van der Waals surface area contributed by atoms with Gasteiger partial charge in [0.05, 0.1) is 18.3 Å². The van der Waals surface area contributed by atoms with Crippen LogP contribution in [0.2, 0.25) is 0 Å². The normalized spacial score (nSPS) is 11.2. The molecule has 4 heteroatoms. The van der Waals surface area contributed by atoms with E-state index in [1.54, 1.807) is 18.4 Å². The molecule has 0 atom stereocenters. The maximum absolute atomic E-state index is 5.41. The van der Waals surface area contributed by atoms with Gasteiger partial charge < -0.3 is 9.30 Å². The standard InChI is InChI=1S/C29H21NOS2/c1-31-22-15-13-21(14-16-22)30-24-11-6-5-10-23(24)28(29(30)20-8-3-2-4-9-20)27-18-17-26(33-27)25-12-7-19-32-25/h2-19H,1H3. The smallest absolute Gasteiger partial charge is 0.119 e. The number of ether oxygens (including phenoxy) is 1. The van der Waals surface area contributed by atoms with Crippen LogP contribution in [0.4, 0.5) is 0 Å². The van der Waals surface area contributed by atoms with E-state index < -0.39 is 0 Å². The second-order valence-electron chi connectivity index (χ2n) is 7.78. The molecule has 0 spiro atoms. The van der Waals surface area contributed by atoms with E-state index in [9.17, 15) is 0 Å². The molecule has 0 amide bonds. The summed E-state index contributed by atoms with van der Waals surface area (Å²) >= 11 is 3.65. The zero-order valence-corrected chi connectivity index (χ0v) is 19.7. The Labute approximate surface area is 201 Å². The number of nitrogens with zero attached hydrogens (tertiary/aromatic N) is 1. The van der Waals surface area contributed by atoms with E-state index in [2.05, 4.69) is 101 Å². The molecule has 160 valence electrons. The van der Waals surface area contributed by atoms with E-state index in [1.807, 2.05) is 23.5 Å². The topological polar surface area (TPSA) is 14.2 Å². The number of fused-ring (bicyclic) bond motifs is 1. The van der Waals surface area contributed by atoms with E-state index in [1.165, 1.54) is 42.4 Å². The third-order valence-corrected chi connectivity index (χ3v) is 8.04. The van der Waals surface area contributed by atoms with Crippen LogP contribution in [0, 0.1) is 0 Å². The zero-order valence-electron chi connectivity index (χ0n) is 18.1. The minimum absolute atomic E-state index is 0.857. The van der Waals surface area contributed by atoms with Crippen molar-refractivity contribution >= 4 is 33.6 Å². The van der Waals surface area contributed by atoms with Crippen molar-refractivity contribution < 1.29 is 4.74 Å². The Kier molecular flexibility index (Phi) is 5.10. The van der Waals surface area contributed by atoms with Gasteiger partial charge in [-0.25, -0.2) is 0 Å². The van der Waals surface area contributed by atoms with Gasteiger partial charge in [0.2, 0.25) is 0 Å². The molecule has 0 saturated heterocycles. The van der Waals surface area contributed by atoms with Gasteiger partial charge in [-0.3, -0.25) is 0 Å². The molecule has 2 nitrogen and oxygen atoms in total. The molecular weight excluding hydrogens is 442 g/mol. The van der Waals surface area contributed by atoms with Gasteiger partial charge in [0.15, 0.2) is 0 Å². The van der Waals surface area contributed by atoms with E-state index in [-0.39, 0.29) is 0 Å². The molecule has 0 saturated carbocycles. The number of hydrogen-bond acceptors (Lipinski definition) is 3. The zero-order chi connectivity index (χ0) is 22.2. The quantitative estimate of drug-likeness (QED) is 0.249. The largest absolute Gasteiger partial charge is 0.497 e. The van der Waals surface area contributed by atoms with Gasteiger partial charge in [-0.05, 0) is 59.5 Å². The maximum Gasteiger partial charge on any atom is 0.119 e. The molecule has 0 aliphatic heterocycles. The van der Waals surface area contributed by atoms with Crippen LogP contribution in [-0.2, 0) is 0 Å². The van der Waals surface area contributed by atoms with Gasteiger partial charge in [-0.1, -0.05) is 54.6 Å². The van der Waals surface area contributed by atoms with Crippen LogP contribution in [0.3, 0.4) is 0 Å². The van der Waals surface area contributed by atoms with Crippen LogP contribution < -0.4 is 4.74 Å². The van der Waals surface area contributed by atoms with Crippen molar-refractivity contribution in [3.8, 4) is 42.9 Å². The monoisotopic (exact) mass is 463 g/mol. The molecule has 0 unspecified atom stereocenters. The van der Waals surface area contributed by atoms with E-state index in [0.29, 0.717) is 0 Å². The van der Waals surface area contributed by atoms with Gasteiger partial charge in [-0.15, -0.1) is 22.7 Å². The molecule has 0 aliphatic carbocycles. The lowest BCUT2D eigenvalue weighted by Gasteiger charge is -2.13. The predicted octanol–water partition coefficient (Wildman–Crippen LogP) is 8.76. The maximum atomic E-state index is 5.41. The van der Waals surface area contributed by atoms with Crippen molar-refractivity contribution in [3.63, 3.8) is 0 Å². The van der Waals surface area contributed by atoms with Crippen molar-refractivity contribution in [3.05, 3.63) is 109 Å². The molecule has 6 aromatic rings. The van der Waals surface area contributed by atoms with Crippen LogP contribution in [-0.4, -0.2) is 11.7 Å². The highest BCUT2D eigenvalue weighted by Crippen LogP contribution is 2.46. The average Bonchev–Trinajstić information content (AvgIpc) is 3.63. The molecule has 0 N–H and O–H groups in total. The Hall–Kier alpha value is -3.60. The number of hydrogen-bond donors (Lipinski definition) is 0. The van der Waals surface area contributed by atoms with Crippen molar-refractivity contribution in [2.24, 2.45) is 0 Å². The fourth-order valence-corrected chi connectivity index (χ4v) is 6.28. The Bertz CT molecular complexity index is 1520. The fourth-order valence-electron chi connectivity index (χ4n) is 4.38. The Morgan fingerprint density at radius 2 is 1.42 bits per heavy atom. The van der Waals surface area contributed by atoms with Crippen molar-refractivity contribution in [1.29, 1.82) is 0 Å². The van der Waals surface area contributed by atoms with Gasteiger partial charge in [0, 0.05) is 31.3 Å². The van der Waals surface area contributed by atoms with Gasteiger partial charge >= 0.3 is 0 Å². The molecule has 3 heterocycles. The molecule has 0 radical (unpaired) electrons. The first-order valence-electron chi connectivity index (χ1n) is 10.8. The molecule has 0 bridgehead atoms. The van der Waals surface area contributed by atoms with Gasteiger partial charge in [0.25, 0.3) is 0 Å². The first-order chi connectivity index (χ1) is 16.3. The average molecular weight is 464 g/mol. The fraction of sp³-hybridized carbons (Fsp3) is 0.0345. The lowest BCUT2D eigenvalue weighted by atomic mass is 10.0. The number of aromatic nitrogens is 1. The SMILES string of the molecule is COc1ccc(-n2c(-c3ccccc3)c(-c3ccc(-c4cccs4)s3)c3ccccc32)cc1. The second-order valence-corrected chi connectivity index (χ2v) is 9.81. The highest BCUT2D eigenvalue weighted by molar-refractivity contribution is 7.23. The van der Waals surface area contributed by atoms with Gasteiger partial charge in [-0.2, -0.15) is 0 Å². The number of benzene rings is 3. The molecule has 3 aromatic carbocycles. The summed E-state index contributed by atoms with van der Waals surface area (Å²) in [6.07, 6.45) is 0. The highest BCUT2D eigenvalue weighted by Gasteiger charge is 2.22. The number of para-hydroxylation sites is 1. The summed E-state index contributed by atoms with van der Waals surface area (Å²) in [5.41, 5.74) is 6.00. The van der Waals surface area contributed by atoms with Crippen molar-refractivity contribution in [1.82, 2.24) is 4.57 Å². The molecular formula is C29H21NOS2. The lowest BCUT2D eigenvalue weighted by molar-refractivity contribution is 0.415. The van der Waals surface area contributed by atoms with E-state index in [4.69, 9.17) is 4.74 Å². The third-order valence-electron chi connectivity index (χ3n) is 5.87. The number of rotatable bonds is 5. The molecule has 0 fully saturated rings. The molecule has 6 rings (SSSR count). The summed E-state index contributed by atoms with van der Waals surface area (Å²) in [4.78, 5) is 3.90. The first kappa shape index (κ1) is 20.0. The first-order valence-corrected chi connectivity index (χ1v) is 12.5. The van der Waals surface area contributed by atoms with Crippen molar-refractivity contribution in [2.75, 3.05) is 7.11 Å². The summed E-state index contributed by atoms with van der Waals surface area (Å²) in [5.74, 6) is 0.857. The lowest BCUT2D eigenvalue weighted by Crippen LogP contribution is -1.97. The molecule has 33 heavy (non-hydrogen) atoms. The number of methoxy groups -OCH3 is 1. The summed E-state index contributed by atoms with van der Waals surface area (Å²) in [6.45, 7) is 0. The molecule has 0 aliphatic rings. The van der Waals surface area contributed by atoms with Gasteiger partial charge in [0.1, 0.15) is 5.75 Å². The Morgan fingerprint density at radius 3 is 2.18 bits per heavy atom. The van der Waals surface area contributed by atoms with E-state index in [0.717, 1.165) is 11.4 Å². The predicted molar refractivity (Wildman–Crippen MR) is 142 cm³/mol. The second kappa shape index (κ2) is 8.39. The highest BCUT2D eigenvalue weighted by atomic mass is 32.1. The van der Waals surface area contributed by atoms with Crippen LogP contribution in [0.25, 0.3) is 48.0 Å². The van der Waals surface area contributed by atoms with Crippen molar-refractivity contribution in [2.45, 2.75) is 0 Å². The summed E-state index contributed by atoms with van der Waals surface area (Å²) in [6, 6.07) is 36.5. The minimum atomic E-state index is 0.857. The summed E-state index contributed by atoms with van der Waals surface area (Å²) < 4.78 is 7.79. The van der Waals surface area contributed by atoms with Crippen LogP contribution in [0.1, 0.15) is 0 Å². The minimum Gasteiger partial charge on any atom is -0.497 e. The third kappa shape index (κ3) is 3.48. The number of thiophene rings is 2. The van der Waals surface area contributed by atoms with Crippen LogP contribution in [0.5, 0.6) is 5.75 Å².